The van der Waals surface area contributed by atoms with Crippen LogP contribution in [0.1, 0.15) is 16.7 Å². The van der Waals surface area contributed by atoms with Gasteiger partial charge in [0.25, 0.3) is 10.0 Å². The molecule has 6 nitrogen and oxygen atoms in total. The summed E-state index contributed by atoms with van der Waals surface area (Å²) in [5.41, 5.74) is 3.19. The molecule has 31 heavy (non-hydrogen) atoms. The van der Waals surface area contributed by atoms with Gasteiger partial charge in [-0.2, -0.15) is 0 Å². The second-order valence-corrected chi connectivity index (χ2v) is 9.15. The summed E-state index contributed by atoms with van der Waals surface area (Å²) < 4.78 is 33.0. The molecule has 7 heteroatoms. The smallest absolute Gasteiger partial charge is 0.264 e. The molecule has 0 bridgehead atoms. The zero-order valence-electron chi connectivity index (χ0n) is 17.8. The summed E-state index contributed by atoms with van der Waals surface area (Å²) in [5, 5.41) is 2.80. The number of nitrogens with one attached hydrogen (secondary N) is 1. The Bertz CT molecular complexity index is 1140. The first-order valence-corrected chi connectivity index (χ1v) is 11.3. The van der Waals surface area contributed by atoms with Crippen LogP contribution in [-0.4, -0.2) is 28.0 Å². The van der Waals surface area contributed by atoms with Crippen molar-refractivity contribution in [2.45, 2.75) is 25.3 Å². The number of hydrogen-bond donors (Lipinski definition) is 1. The van der Waals surface area contributed by atoms with Crippen LogP contribution in [0.5, 0.6) is 5.75 Å². The molecule has 3 aromatic rings. The second kappa shape index (κ2) is 9.66. The lowest BCUT2D eigenvalue weighted by Crippen LogP contribution is -2.40. The van der Waals surface area contributed by atoms with E-state index in [1.807, 2.05) is 44.2 Å². The van der Waals surface area contributed by atoms with Crippen LogP contribution in [0.2, 0.25) is 0 Å². The van der Waals surface area contributed by atoms with Crippen molar-refractivity contribution in [2.24, 2.45) is 0 Å². The van der Waals surface area contributed by atoms with E-state index in [9.17, 15) is 13.2 Å². The van der Waals surface area contributed by atoms with Crippen LogP contribution in [0.4, 0.5) is 5.69 Å². The third-order valence-electron chi connectivity index (χ3n) is 4.83. The van der Waals surface area contributed by atoms with E-state index < -0.39 is 15.9 Å². The van der Waals surface area contributed by atoms with Gasteiger partial charge in [0.15, 0.2) is 0 Å². The third-order valence-corrected chi connectivity index (χ3v) is 6.62. The number of amides is 1. The van der Waals surface area contributed by atoms with Gasteiger partial charge in [0.05, 0.1) is 17.7 Å². The molecule has 0 fully saturated rings. The minimum absolute atomic E-state index is 0.141. The van der Waals surface area contributed by atoms with Crippen LogP contribution < -0.4 is 14.4 Å². The molecule has 3 aromatic carbocycles. The Kier molecular flexibility index (Phi) is 6.97. The largest absolute Gasteiger partial charge is 0.497 e. The molecule has 0 atom stereocenters. The van der Waals surface area contributed by atoms with Gasteiger partial charge >= 0.3 is 0 Å². The van der Waals surface area contributed by atoms with Gasteiger partial charge in [-0.15, -0.1) is 0 Å². The summed E-state index contributed by atoms with van der Waals surface area (Å²) in [6, 6.07) is 21.0. The van der Waals surface area contributed by atoms with E-state index in [-0.39, 0.29) is 18.0 Å². The summed E-state index contributed by atoms with van der Waals surface area (Å²) in [6.07, 6.45) is 0. The highest BCUT2D eigenvalue weighted by atomic mass is 32.2. The minimum atomic E-state index is -3.92. The van der Waals surface area contributed by atoms with Gasteiger partial charge in [-0.3, -0.25) is 9.10 Å². The number of methoxy groups -OCH3 is 1. The number of rotatable bonds is 8. The van der Waals surface area contributed by atoms with Crippen molar-refractivity contribution in [2.75, 3.05) is 18.0 Å². The molecular formula is C24H26N2O4S. The van der Waals surface area contributed by atoms with Gasteiger partial charge in [0.2, 0.25) is 5.91 Å². The average molecular weight is 439 g/mol. The maximum absolute atomic E-state index is 13.4. The van der Waals surface area contributed by atoms with Crippen LogP contribution in [0.3, 0.4) is 0 Å². The zero-order valence-corrected chi connectivity index (χ0v) is 18.6. The summed E-state index contributed by atoms with van der Waals surface area (Å²) in [5.74, 6) is 0.331. The van der Waals surface area contributed by atoms with Gasteiger partial charge in [0, 0.05) is 6.54 Å². The summed E-state index contributed by atoms with van der Waals surface area (Å²) in [7, 11) is -2.33. The standard InChI is InChI=1S/C24H26N2O4S/c1-18-7-13-23(14-8-18)31(28,29)26(21-6-4-5-19(2)15-21)17-24(27)25-16-20-9-11-22(30-3)12-10-20/h4-15H,16-17H2,1-3H3,(H,25,27). The SMILES string of the molecule is COc1ccc(CNC(=O)CN(c2cccc(C)c2)S(=O)(=O)c2ccc(C)cc2)cc1. The Balaban J connectivity index is 1.82. The lowest BCUT2D eigenvalue weighted by atomic mass is 10.2. The Morgan fingerprint density at radius 2 is 1.61 bits per heavy atom. The number of anilines is 1. The fourth-order valence-electron chi connectivity index (χ4n) is 3.07. The third kappa shape index (κ3) is 5.64. The van der Waals surface area contributed by atoms with Crippen LogP contribution in [-0.2, 0) is 21.4 Å². The molecule has 1 amide bonds. The Morgan fingerprint density at radius 1 is 0.935 bits per heavy atom. The number of benzene rings is 3. The highest BCUT2D eigenvalue weighted by Gasteiger charge is 2.27. The van der Waals surface area contributed by atoms with Crippen molar-refractivity contribution in [3.8, 4) is 5.75 Å². The fourth-order valence-corrected chi connectivity index (χ4v) is 4.48. The molecule has 0 aliphatic rings. The fraction of sp³-hybridized carbons (Fsp3) is 0.208. The molecule has 1 N–H and O–H groups in total. The predicted molar refractivity (Wildman–Crippen MR) is 122 cm³/mol. The number of aryl methyl sites for hydroxylation is 2. The molecule has 0 saturated carbocycles. The van der Waals surface area contributed by atoms with Crippen molar-refractivity contribution in [3.63, 3.8) is 0 Å². The van der Waals surface area contributed by atoms with E-state index in [1.54, 1.807) is 49.6 Å². The first kappa shape index (κ1) is 22.4. The van der Waals surface area contributed by atoms with Gasteiger partial charge in [-0.25, -0.2) is 8.42 Å². The van der Waals surface area contributed by atoms with Crippen LogP contribution in [0.25, 0.3) is 0 Å². The number of ether oxygens (including phenoxy) is 1. The molecule has 0 aliphatic carbocycles. The van der Waals surface area contributed by atoms with Gasteiger partial charge in [-0.05, 0) is 61.4 Å². The van der Waals surface area contributed by atoms with Gasteiger partial charge in [0.1, 0.15) is 12.3 Å². The molecule has 0 unspecified atom stereocenters. The average Bonchev–Trinajstić information content (AvgIpc) is 2.76. The van der Waals surface area contributed by atoms with Crippen LogP contribution in [0, 0.1) is 13.8 Å². The first-order chi connectivity index (χ1) is 14.8. The maximum Gasteiger partial charge on any atom is 0.264 e. The summed E-state index contributed by atoms with van der Waals surface area (Å²) in [6.45, 7) is 3.73. The highest BCUT2D eigenvalue weighted by molar-refractivity contribution is 7.92. The molecule has 0 radical (unpaired) electrons. The quantitative estimate of drug-likeness (QED) is 0.580. The zero-order chi connectivity index (χ0) is 22.4. The molecule has 162 valence electrons. The van der Waals surface area contributed by atoms with E-state index in [1.165, 1.54) is 0 Å². The molecule has 0 aromatic heterocycles. The number of hydrogen-bond acceptors (Lipinski definition) is 4. The molecule has 0 heterocycles. The van der Waals surface area contributed by atoms with Crippen molar-refractivity contribution < 1.29 is 17.9 Å². The van der Waals surface area contributed by atoms with Gasteiger partial charge < -0.3 is 10.1 Å². The predicted octanol–water partition coefficient (Wildman–Crippen LogP) is 3.82. The monoisotopic (exact) mass is 438 g/mol. The van der Waals surface area contributed by atoms with E-state index in [0.29, 0.717) is 5.69 Å². The molecule has 0 saturated heterocycles. The van der Waals surface area contributed by atoms with Crippen molar-refractivity contribution >= 4 is 21.6 Å². The lowest BCUT2D eigenvalue weighted by molar-refractivity contribution is -0.119. The minimum Gasteiger partial charge on any atom is -0.497 e. The number of sulfonamides is 1. The Morgan fingerprint density at radius 3 is 2.23 bits per heavy atom. The molecule has 3 rings (SSSR count). The number of carbonyl (C=O) groups is 1. The highest BCUT2D eigenvalue weighted by Crippen LogP contribution is 2.24. The Labute approximate surface area is 183 Å². The molecule has 0 aliphatic heterocycles. The second-order valence-electron chi connectivity index (χ2n) is 7.29. The van der Waals surface area contributed by atoms with Crippen LogP contribution in [0.15, 0.2) is 77.7 Å². The number of carbonyl (C=O) groups excluding carboxylic acids is 1. The normalized spacial score (nSPS) is 11.1. The van der Waals surface area contributed by atoms with Crippen molar-refractivity contribution in [1.29, 1.82) is 0 Å². The van der Waals surface area contributed by atoms with E-state index in [0.717, 1.165) is 26.7 Å². The maximum atomic E-state index is 13.4. The van der Waals surface area contributed by atoms with Crippen molar-refractivity contribution in [1.82, 2.24) is 5.32 Å². The summed E-state index contributed by atoms with van der Waals surface area (Å²) in [4.78, 5) is 12.8. The summed E-state index contributed by atoms with van der Waals surface area (Å²) >= 11 is 0. The van der Waals surface area contributed by atoms with E-state index in [2.05, 4.69) is 5.32 Å². The van der Waals surface area contributed by atoms with E-state index >= 15 is 0 Å². The van der Waals surface area contributed by atoms with E-state index in [4.69, 9.17) is 4.74 Å². The molecular weight excluding hydrogens is 412 g/mol. The van der Waals surface area contributed by atoms with Crippen LogP contribution >= 0.6 is 0 Å². The van der Waals surface area contributed by atoms with Crippen molar-refractivity contribution in [3.05, 3.63) is 89.5 Å². The number of nitrogens with zero attached hydrogens (tertiary/aromatic N) is 1. The Hall–Kier alpha value is -3.32. The first-order valence-electron chi connectivity index (χ1n) is 9.85. The lowest BCUT2D eigenvalue weighted by Gasteiger charge is -2.24. The molecule has 0 spiro atoms. The topological polar surface area (TPSA) is 75.7 Å². The van der Waals surface area contributed by atoms with Gasteiger partial charge in [-0.1, -0.05) is 42.0 Å².